The van der Waals surface area contributed by atoms with E-state index in [1.54, 1.807) is 5.38 Å². The summed E-state index contributed by atoms with van der Waals surface area (Å²) in [5.41, 5.74) is 7.03. The van der Waals surface area contributed by atoms with E-state index in [-0.39, 0.29) is 0 Å². The minimum absolute atomic E-state index is 0.372. The van der Waals surface area contributed by atoms with Gasteiger partial charge in [0, 0.05) is 16.9 Å². The molecule has 1 aromatic carbocycles. The number of carboxylic acids is 1. The topological polar surface area (TPSA) is 88.2 Å². The Kier molecular flexibility index (Phi) is 4.94. The Morgan fingerprint density at radius 1 is 1.45 bits per heavy atom. The maximum absolute atomic E-state index is 10.7. The van der Waals surface area contributed by atoms with Crippen LogP contribution in [0.2, 0.25) is 5.02 Å². The van der Waals surface area contributed by atoms with E-state index in [0.717, 1.165) is 6.42 Å². The highest BCUT2D eigenvalue weighted by Crippen LogP contribution is 2.19. The van der Waals surface area contributed by atoms with E-state index in [2.05, 4.69) is 10.3 Å². The average molecular weight is 312 g/mol. The minimum Gasteiger partial charge on any atom is -0.480 e. The van der Waals surface area contributed by atoms with Gasteiger partial charge in [-0.25, -0.2) is 4.98 Å². The molecule has 0 saturated heterocycles. The number of thiazole rings is 1. The van der Waals surface area contributed by atoms with Crippen LogP contribution in [0.3, 0.4) is 0 Å². The van der Waals surface area contributed by atoms with Gasteiger partial charge in [0.2, 0.25) is 0 Å². The molecule has 0 aliphatic rings. The first-order chi connectivity index (χ1) is 9.56. The van der Waals surface area contributed by atoms with Gasteiger partial charge in [-0.05, 0) is 24.1 Å². The Hall–Kier alpha value is -1.63. The van der Waals surface area contributed by atoms with Gasteiger partial charge in [0.05, 0.1) is 5.69 Å². The highest BCUT2D eigenvalue weighted by molar-refractivity contribution is 7.13. The SMILES string of the molecule is NC(C(=O)O)c1csc(NCCc2ccc(Cl)cc2)n1. The van der Waals surface area contributed by atoms with Crippen molar-refractivity contribution < 1.29 is 9.90 Å². The smallest absolute Gasteiger partial charge is 0.326 e. The number of carboxylic acid groups (broad SMARTS) is 1. The van der Waals surface area contributed by atoms with Gasteiger partial charge in [0.1, 0.15) is 6.04 Å². The lowest BCUT2D eigenvalue weighted by atomic mass is 10.1. The Morgan fingerprint density at radius 2 is 2.15 bits per heavy atom. The van der Waals surface area contributed by atoms with Crippen LogP contribution in [0.5, 0.6) is 0 Å². The molecule has 4 N–H and O–H groups in total. The lowest BCUT2D eigenvalue weighted by molar-refractivity contribution is -0.138. The summed E-state index contributed by atoms with van der Waals surface area (Å²) in [7, 11) is 0. The second-order valence-corrected chi connectivity index (χ2v) is 5.49. The molecular weight excluding hydrogens is 298 g/mol. The van der Waals surface area contributed by atoms with Crippen LogP contribution in [-0.4, -0.2) is 22.6 Å². The van der Waals surface area contributed by atoms with Crippen LogP contribution in [0.15, 0.2) is 29.6 Å². The fourth-order valence-corrected chi connectivity index (χ4v) is 2.50. The van der Waals surface area contributed by atoms with E-state index in [4.69, 9.17) is 22.4 Å². The molecule has 20 heavy (non-hydrogen) atoms. The molecule has 0 spiro atoms. The fourth-order valence-electron chi connectivity index (χ4n) is 1.60. The van der Waals surface area contributed by atoms with Gasteiger partial charge >= 0.3 is 5.97 Å². The molecule has 1 aromatic heterocycles. The number of anilines is 1. The molecule has 106 valence electrons. The summed E-state index contributed by atoms with van der Waals surface area (Å²) in [4.78, 5) is 14.9. The zero-order valence-corrected chi connectivity index (χ0v) is 12.1. The number of aromatic nitrogens is 1. The van der Waals surface area contributed by atoms with E-state index in [9.17, 15) is 4.79 Å². The standard InChI is InChI=1S/C13H14ClN3O2S/c14-9-3-1-8(2-4-9)5-6-16-13-17-10(7-20-13)11(15)12(18)19/h1-4,7,11H,5-6,15H2,(H,16,17)(H,18,19). The predicted molar refractivity (Wildman–Crippen MR) is 80.3 cm³/mol. The molecule has 0 fully saturated rings. The van der Waals surface area contributed by atoms with Crippen LogP contribution < -0.4 is 11.1 Å². The van der Waals surface area contributed by atoms with Gasteiger partial charge < -0.3 is 16.2 Å². The van der Waals surface area contributed by atoms with Gasteiger partial charge in [-0.1, -0.05) is 23.7 Å². The molecule has 1 atom stereocenters. The first-order valence-electron chi connectivity index (χ1n) is 5.98. The van der Waals surface area contributed by atoms with Crippen molar-refractivity contribution >= 4 is 34.0 Å². The third-order valence-corrected chi connectivity index (χ3v) is 3.78. The second kappa shape index (κ2) is 6.69. The van der Waals surface area contributed by atoms with Crippen molar-refractivity contribution in [3.8, 4) is 0 Å². The van der Waals surface area contributed by atoms with Gasteiger partial charge in [-0.3, -0.25) is 4.79 Å². The first-order valence-corrected chi connectivity index (χ1v) is 7.24. The summed E-state index contributed by atoms with van der Waals surface area (Å²) in [5, 5.41) is 15.0. The van der Waals surface area contributed by atoms with Gasteiger partial charge in [0.25, 0.3) is 0 Å². The molecule has 0 aliphatic heterocycles. The van der Waals surface area contributed by atoms with Crippen LogP contribution in [-0.2, 0) is 11.2 Å². The lowest BCUT2D eigenvalue weighted by Crippen LogP contribution is -2.21. The number of benzene rings is 1. The lowest BCUT2D eigenvalue weighted by Gasteiger charge is -2.04. The number of hydrogen-bond acceptors (Lipinski definition) is 5. The maximum Gasteiger partial charge on any atom is 0.326 e. The van der Waals surface area contributed by atoms with Gasteiger partial charge in [0.15, 0.2) is 5.13 Å². The number of aliphatic carboxylic acids is 1. The van der Waals surface area contributed by atoms with Gasteiger partial charge in [-0.15, -0.1) is 11.3 Å². The van der Waals surface area contributed by atoms with Crippen LogP contribution in [0.4, 0.5) is 5.13 Å². The molecule has 0 aliphatic carbocycles. The molecule has 0 saturated carbocycles. The van der Waals surface area contributed by atoms with Crippen LogP contribution in [0, 0.1) is 0 Å². The van der Waals surface area contributed by atoms with Crippen molar-refractivity contribution in [2.24, 2.45) is 5.73 Å². The third-order valence-electron chi connectivity index (χ3n) is 2.71. The Bertz CT molecular complexity index is 586. The number of nitrogens with two attached hydrogens (primary N) is 1. The number of halogens is 1. The molecular formula is C13H14ClN3O2S. The Labute approximate surface area is 125 Å². The monoisotopic (exact) mass is 311 g/mol. The number of carbonyl (C=O) groups is 1. The molecule has 5 nitrogen and oxygen atoms in total. The highest BCUT2D eigenvalue weighted by atomic mass is 35.5. The summed E-state index contributed by atoms with van der Waals surface area (Å²) >= 11 is 7.16. The normalized spacial score (nSPS) is 12.1. The van der Waals surface area contributed by atoms with Crippen molar-refractivity contribution in [2.75, 3.05) is 11.9 Å². The predicted octanol–water partition coefficient (Wildman–Crippen LogP) is 2.54. The number of hydrogen-bond donors (Lipinski definition) is 3. The Balaban J connectivity index is 1.85. The molecule has 0 amide bonds. The molecule has 2 aromatic rings. The highest BCUT2D eigenvalue weighted by Gasteiger charge is 2.17. The van der Waals surface area contributed by atoms with E-state index in [1.165, 1.54) is 16.9 Å². The molecule has 1 heterocycles. The molecule has 1 unspecified atom stereocenters. The zero-order valence-electron chi connectivity index (χ0n) is 10.5. The fraction of sp³-hybridized carbons (Fsp3) is 0.231. The number of rotatable bonds is 6. The maximum atomic E-state index is 10.7. The van der Waals surface area contributed by atoms with Crippen molar-refractivity contribution in [1.29, 1.82) is 0 Å². The summed E-state index contributed by atoms with van der Waals surface area (Å²) in [6, 6.07) is 6.57. The largest absolute Gasteiger partial charge is 0.480 e. The van der Waals surface area contributed by atoms with Crippen molar-refractivity contribution in [2.45, 2.75) is 12.5 Å². The van der Waals surface area contributed by atoms with Crippen LogP contribution in [0.25, 0.3) is 0 Å². The van der Waals surface area contributed by atoms with Crippen molar-refractivity contribution in [1.82, 2.24) is 4.98 Å². The van der Waals surface area contributed by atoms with E-state index < -0.39 is 12.0 Å². The molecule has 7 heteroatoms. The first kappa shape index (κ1) is 14.8. The molecule has 0 radical (unpaired) electrons. The second-order valence-electron chi connectivity index (χ2n) is 4.20. The number of nitrogens with one attached hydrogen (secondary N) is 1. The molecule has 0 bridgehead atoms. The quantitative estimate of drug-likeness (QED) is 0.763. The Morgan fingerprint density at radius 3 is 2.80 bits per heavy atom. The summed E-state index contributed by atoms with van der Waals surface area (Å²) in [5.74, 6) is -1.08. The summed E-state index contributed by atoms with van der Waals surface area (Å²) in [6.45, 7) is 0.705. The zero-order chi connectivity index (χ0) is 14.5. The van der Waals surface area contributed by atoms with Gasteiger partial charge in [-0.2, -0.15) is 0 Å². The third kappa shape index (κ3) is 3.93. The van der Waals surface area contributed by atoms with Crippen molar-refractivity contribution in [3.05, 3.63) is 45.9 Å². The minimum atomic E-state index is -1.08. The van der Waals surface area contributed by atoms with Crippen LogP contribution >= 0.6 is 22.9 Å². The van der Waals surface area contributed by atoms with Crippen LogP contribution in [0.1, 0.15) is 17.3 Å². The summed E-state index contributed by atoms with van der Waals surface area (Å²) < 4.78 is 0. The van der Waals surface area contributed by atoms with E-state index in [0.29, 0.717) is 22.4 Å². The summed E-state index contributed by atoms with van der Waals surface area (Å²) in [6.07, 6.45) is 0.830. The van der Waals surface area contributed by atoms with Crippen molar-refractivity contribution in [3.63, 3.8) is 0 Å². The average Bonchev–Trinajstić information content (AvgIpc) is 2.89. The number of nitrogens with zero attached hydrogens (tertiary/aromatic N) is 1. The molecule has 2 rings (SSSR count). The van der Waals surface area contributed by atoms with E-state index in [1.807, 2.05) is 24.3 Å². The van der Waals surface area contributed by atoms with E-state index >= 15 is 0 Å².